The molecule has 1 aliphatic rings. The molecule has 12 heteroatoms. The van der Waals surface area contributed by atoms with Crippen LogP contribution >= 0.6 is 11.3 Å². The predicted molar refractivity (Wildman–Crippen MR) is 102 cm³/mol. The zero-order valence-electron chi connectivity index (χ0n) is 15.5. The molecule has 29 heavy (non-hydrogen) atoms. The van der Waals surface area contributed by atoms with Gasteiger partial charge in [-0.3, -0.25) is 9.69 Å². The third-order valence-corrected chi connectivity index (χ3v) is 5.18. The van der Waals surface area contributed by atoms with Crippen LogP contribution in [0, 0.1) is 5.82 Å². The van der Waals surface area contributed by atoms with E-state index in [1.165, 1.54) is 33.9 Å². The Kier molecular flexibility index (Phi) is 4.92. The Bertz CT molecular complexity index is 1080. The van der Waals surface area contributed by atoms with E-state index in [9.17, 15) is 14.0 Å². The quantitative estimate of drug-likeness (QED) is 0.670. The number of halogens is 1. The van der Waals surface area contributed by atoms with Crippen LogP contribution in [0.2, 0.25) is 0 Å². The van der Waals surface area contributed by atoms with Crippen molar-refractivity contribution < 1.29 is 18.7 Å². The molecule has 1 saturated heterocycles. The molecule has 0 aliphatic carbocycles. The van der Waals surface area contributed by atoms with Gasteiger partial charge in [-0.15, -0.1) is 16.4 Å². The van der Waals surface area contributed by atoms with Crippen molar-refractivity contribution in [3.05, 3.63) is 29.4 Å². The van der Waals surface area contributed by atoms with Gasteiger partial charge in [-0.05, 0) is 28.6 Å². The lowest BCUT2D eigenvalue weighted by Gasteiger charge is -2.14. The minimum absolute atomic E-state index is 0.205. The Balaban J connectivity index is 1.53. The highest BCUT2D eigenvalue weighted by atomic mass is 32.1. The Labute approximate surface area is 168 Å². The van der Waals surface area contributed by atoms with Crippen LogP contribution < -0.4 is 10.2 Å². The molecule has 3 aromatic rings. The molecular weight excluding hydrogens is 401 g/mol. The number of thiazole rings is 1. The third-order valence-electron chi connectivity index (χ3n) is 4.30. The van der Waals surface area contributed by atoms with E-state index in [1.807, 2.05) is 0 Å². The van der Waals surface area contributed by atoms with Crippen molar-refractivity contribution in [1.82, 2.24) is 30.5 Å². The summed E-state index contributed by atoms with van der Waals surface area (Å²) < 4.78 is 21.5. The summed E-state index contributed by atoms with van der Waals surface area (Å²) in [5.74, 6) is -0.248. The zero-order valence-corrected chi connectivity index (χ0v) is 16.3. The Morgan fingerprint density at radius 1 is 1.45 bits per heavy atom. The highest BCUT2D eigenvalue weighted by molar-refractivity contribution is 7.13. The number of carbonyl (C=O) groups is 2. The number of aromatic nitrogens is 5. The number of hydrogen-bond acceptors (Lipinski definition) is 8. The largest absolute Gasteiger partial charge is 0.442 e. The number of nitrogens with one attached hydrogen (secondary N) is 1. The van der Waals surface area contributed by atoms with Crippen molar-refractivity contribution in [3.8, 4) is 22.1 Å². The lowest BCUT2D eigenvalue weighted by molar-refractivity contribution is -0.119. The maximum absolute atomic E-state index is 14.8. The monoisotopic (exact) mass is 417 g/mol. The van der Waals surface area contributed by atoms with Gasteiger partial charge < -0.3 is 10.1 Å². The van der Waals surface area contributed by atoms with Crippen molar-refractivity contribution in [3.63, 3.8) is 0 Å². The minimum Gasteiger partial charge on any atom is -0.442 e. The van der Waals surface area contributed by atoms with Gasteiger partial charge >= 0.3 is 6.09 Å². The molecule has 0 saturated carbocycles. The number of anilines is 1. The topological polar surface area (TPSA) is 115 Å². The molecule has 150 valence electrons. The molecule has 0 radical (unpaired) electrons. The van der Waals surface area contributed by atoms with Gasteiger partial charge in [-0.25, -0.2) is 18.9 Å². The molecule has 3 heterocycles. The summed E-state index contributed by atoms with van der Waals surface area (Å²) in [6, 6.07) is 4.46. The van der Waals surface area contributed by atoms with E-state index in [4.69, 9.17) is 4.74 Å². The molecule has 1 aliphatic heterocycles. The molecular formula is C17H16FN7O3S. The standard InChI is InChI=1S/C17H16FN7O3S/c1-9(26)19-6-11-7-25(17(27)28-11)10-3-4-12(13(18)5-10)16-20-14(8-29-16)15-21-22-23-24(15)2/h3-5,8,11H,6-7H2,1-2H3,(H,19,26). The Morgan fingerprint density at radius 3 is 2.97 bits per heavy atom. The van der Waals surface area contributed by atoms with Crippen LogP contribution in [0.25, 0.3) is 22.1 Å². The SMILES string of the molecule is CC(=O)NCC1CN(c2ccc(-c3nc(-c4nnnn4C)cs3)c(F)c2)C(=O)O1. The molecule has 0 spiro atoms. The van der Waals surface area contributed by atoms with Gasteiger partial charge in [0.25, 0.3) is 0 Å². The van der Waals surface area contributed by atoms with E-state index < -0.39 is 18.0 Å². The number of cyclic esters (lactones) is 1. The van der Waals surface area contributed by atoms with Crippen molar-refractivity contribution in [2.45, 2.75) is 13.0 Å². The average Bonchev–Trinajstić information content (AvgIpc) is 3.39. The number of ether oxygens (including phenoxy) is 1. The first-order valence-electron chi connectivity index (χ1n) is 8.63. The van der Waals surface area contributed by atoms with Crippen LogP contribution in [0.5, 0.6) is 0 Å². The molecule has 0 bridgehead atoms. The molecule has 1 fully saturated rings. The van der Waals surface area contributed by atoms with Crippen LogP contribution in [0.4, 0.5) is 14.9 Å². The third kappa shape index (κ3) is 3.78. The van der Waals surface area contributed by atoms with Gasteiger partial charge in [0.1, 0.15) is 22.6 Å². The fraction of sp³-hybridized carbons (Fsp3) is 0.294. The van der Waals surface area contributed by atoms with Crippen molar-refractivity contribution >= 4 is 29.0 Å². The van der Waals surface area contributed by atoms with Crippen LogP contribution in [0.1, 0.15) is 6.92 Å². The second-order valence-corrected chi connectivity index (χ2v) is 7.24. The number of tetrazole rings is 1. The van der Waals surface area contributed by atoms with Crippen LogP contribution in [0.3, 0.4) is 0 Å². The molecule has 1 unspecified atom stereocenters. The summed E-state index contributed by atoms with van der Waals surface area (Å²) in [6.45, 7) is 1.81. The second-order valence-electron chi connectivity index (χ2n) is 6.38. The van der Waals surface area contributed by atoms with Gasteiger partial charge in [0.15, 0.2) is 0 Å². The fourth-order valence-corrected chi connectivity index (χ4v) is 3.71. The van der Waals surface area contributed by atoms with Crippen molar-refractivity contribution in [2.75, 3.05) is 18.0 Å². The molecule has 1 atom stereocenters. The zero-order chi connectivity index (χ0) is 20.5. The van der Waals surface area contributed by atoms with Crippen molar-refractivity contribution in [2.24, 2.45) is 7.05 Å². The van der Waals surface area contributed by atoms with Crippen LogP contribution in [-0.4, -0.2) is 56.4 Å². The summed E-state index contributed by atoms with van der Waals surface area (Å²) in [6.07, 6.45) is -1.07. The van der Waals surface area contributed by atoms with Gasteiger partial charge in [0, 0.05) is 24.9 Å². The van der Waals surface area contributed by atoms with E-state index in [-0.39, 0.29) is 19.0 Å². The molecule has 1 N–H and O–H groups in total. The Morgan fingerprint density at radius 2 is 2.28 bits per heavy atom. The number of amides is 2. The second kappa shape index (κ2) is 7.54. The van der Waals surface area contributed by atoms with E-state index in [2.05, 4.69) is 25.8 Å². The van der Waals surface area contributed by atoms with Crippen LogP contribution in [0.15, 0.2) is 23.6 Å². The minimum atomic E-state index is -0.584. The summed E-state index contributed by atoms with van der Waals surface area (Å²) in [7, 11) is 1.69. The summed E-state index contributed by atoms with van der Waals surface area (Å²) >= 11 is 1.27. The molecule has 4 rings (SSSR count). The van der Waals surface area contributed by atoms with E-state index >= 15 is 0 Å². The first-order valence-corrected chi connectivity index (χ1v) is 9.51. The number of carbonyl (C=O) groups excluding carboxylic acids is 2. The first kappa shape index (κ1) is 18.9. The maximum Gasteiger partial charge on any atom is 0.414 e. The Hall–Kier alpha value is -3.41. The molecule has 1 aromatic carbocycles. The normalized spacial score (nSPS) is 16.2. The van der Waals surface area contributed by atoms with E-state index in [1.54, 1.807) is 24.6 Å². The smallest absolute Gasteiger partial charge is 0.414 e. The van der Waals surface area contributed by atoms with E-state index in [0.717, 1.165) is 0 Å². The average molecular weight is 417 g/mol. The molecule has 2 aromatic heterocycles. The number of rotatable bonds is 5. The van der Waals surface area contributed by atoms with Crippen LogP contribution in [-0.2, 0) is 16.6 Å². The van der Waals surface area contributed by atoms with Gasteiger partial charge in [0.05, 0.1) is 18.8 Å². The number of hydrogen-bond donors (Lipinski definition) is 1. The highest BCUT2D eigenvalue weighted by Crippen LogP contribution is 2.32. The summed E-state index contributed by atoms with van der Waals surface area (Å²) in [5, 5.41) is 16.0. The molecule has 10 nitrogen and oxygen atoms in total. The summed E-state index contributed by atoms with van der Waals surface area (Å²) in [5.41, 5.74) is 1.23. The highest BCUT2D eigenvalue weighted by Gasteiger charge is 2.32. The lowest BCUT2D eigenvalue weighted by atomic mass is 10.2. The van der Waals surface area contributed by atoms with Gasteiger partial charge in [-0.2, -0.15) is 0 Å². The van der Waals surface area contributed by atoms with Gasteiger partial charge in [-0.1, -0.05) is 0 Å². The lowest BCUT2D eigenvalue weighted by Crippen LogP contribution is -2.33. The summed E-state index contributed by atoms with van der Waals surface area (Å²) in [4.78, 5) is 28.9. The number of benzene rings is 1. The van der Waals surface area contributed by atoms with Gasteiger partial charge in [0.2, 0.25) is 11.7 Å². The first-order chi connectivity index (χ1) is 13.9. The van der Waals surface area contributed by atoms with E-state index in [0.29, 0.717) is 27.8 Å². The fourth-order valence-electron chi connectivity index (χ4n) is 2.89. The number of nitrogens with zero attached hydrogens (tertiary/aromatic N) is 6. The number of aryl methyl sites for hydroxylation is 1. The maximum atomic E-state index is 14.8. The van der Waals surface area contributed by atoms with Crippen molar-refractivity contribution in [1.29, 1.82) is 0 Å². The molecule has 2 amide bonds. The predicted octanol–water partition coefficient (Wildman–Crippen LogP) is 1.60.